The maximum atomic E-state index is 13.0. The summed E-state index contributed by atoms with van der Waals surface area (Å²) < 4.78 is 11.1. The number of ether oxygens (including phenoxy) is 2. The second kappa shape index (κ2) is 7.22. The minimum atomic E-state index is -0.787. The number of rotatable bonds is 3. The fourth-order valence-corrected chi connectivity index (χ4v) is 5.01. The molecule has 0 radical (unpaired) electrons. The maximum absolute atomic E-state index is 13.0. The Hall–Kier alpha value is -3.24. The molecule has 2 aliphatic rings. The van der Waals surface area contributed by atoms with E-state index in [1.807, 2.05) is 17.5 Å². The van der Waals surface area contributed by atoms with Gasteiger partial charge in [0.05, 0.1) is 5.57 Å². The molecular weight excluding hydrogens is 426 g/mol. The summed E-state index contributed by atoms with van der Waals surface area (Å²) in [5.41, 5.74) is 0.374. The van der Waals surface area contributed by atoms with Crippen molar-refractivity contribution < 1.29 is 24.2 Å². The molecule has 5 rings (SSSR count). The van der Waals surface area contributed by atoms with Crippen molar-refractivity contribution in [1.82, 2.24) is 10.2 Å². The third kappa shape index (κ3) is 2.96. The van der Waals surface area contributed by atoms with E-state index in [9.17, 15) is 14.7 Å². The highest BCUT2D eigenvalue weighted by atomic mass is 32.1. The second-order valence-electron chi connectivity index (χ2n) is 6.65. The second-order valence-corrected chi connectivity index (χ2v) is 8.79. The van der Waals surface area contributed by atoms with E-state index in [1.54, 1.807) is 25.1 Å². The molecule has 0 spiro atoms. The van der Waals surface area contributed by atoms with Crippen LogP contribution in [0.2, 0.25) is 0 Å². The molecule has 0 bridgehead atoms. The fourth-order valence-electron chi connectivity index (χ4n) is 3.48. The number of thiophene rings is 1. The number of nitrogens with zero attached hydrogens (tertiary/aromatic N) is 3. The predicted octanol–water partition coefficient (Wildman–Crippen LogP) is 3.31. The van der Waals surface area contributed by atoms with E-state index < -0.39 is 17.7 Å². The highest BCUT2D eigenvalue weighted by Crippen LogP contribution is 2.44. The SMILES string of the molecule is Cc1nnc(N2C(=O)C(=O)C(=C(O)c3ccc4c(c3)OCCO4)C2c2cccs2)s1. The van der Waals surface area contributed by atoms with Gasteiger partial charge in [-0.05, 0) is 36.6 Å². The Morgan fingerprint density at radius 1 is 1.17 bits per heavy atom. The van der Waals surface area contributed by atoms with Crippen molar-refractivity contribution in [3.63, 3.8) is 0 Å². The molecule has 8 nitrogen and oxygen atoms in total. The Morgan fingerprint density at radius 2 is 1.97 bits per heavy atom. The van der Waals surface area contributed by atoms with Gasteiger partial charge in [-0.2, -0.15) is 0 Å². The number of aromatic nitrogens is 2. The number of aliphatic hydroxyl groups excluding tert-OH is 1. The van der Waals surface area contributed by atoms with Crippen LogP contribution in [0.25, 0.3) is 5.76 Å². The van der Waals surface area contributed by atoms with Crippen LogP contribution in [0.4, 0.5) is 5.13 Å². The number of amides is 1. The normalized spacial score (nSPS) is 20.0. The van der Waals surface area contributed by atoms with Crippen molar-refractivity contribution in [2.75, 3.05) is 18.1 Å². The smallest absolute Gasteiger partial charge is 0.301 e. The predicted molar refractivity (Wildman–Crippen MR) is 111 cm³/mol. The number of hydrogen-bond acceptors (Lipinski definition) is 9. The highest BCUT2D eigenvalue weighted by Gasteiger charge is 2.48. The molecule has 1 saturated heterocycles. The van der Waals surface area contributed by atoms with Crippen molar-refractivity contribution in [1.29, 1.82) is 0 Å². The third-order valence-corrected chi connectivity index (χ3v) is 6.56. The van der Waals surface area contributed by atoms with Gasteiger partial charge in [0.1, 0.15) is 30.0 Å². The molecule has 1 N–H and O–H groups in total. The van der Waals surface area contributed by atoms with Gasteiger partial charge in [-0.15, -0.1) is 21.5 Å². The molecule has 1 aromatic carbocycles. The molecule has 0 aliphatic carbocycles. The van der Waals surface area contributed by atoms with Crippen LogP contribution in [0.15, 0.2) is 41.3 Å². The third-order valence-electron chi connectivity index (χ3n) is 4.79. The maximum Gasteiger partial charge on any atom is 0.301 e. The highest BCUT2D eigenvalue weighted by molar-refractivity contribution is 7.15. The average molecular weight is 441 g/mol. The Bertz CT molecular complexity index is 1190. The minimum absolute atomic E-state index is 0.00646. The van der Waals surface area contributed by atoms with E-state index in [0.29, 0.717) is 40.4 Å². The van der Waals surface area contributed by atoms with E-state index >= 15 is 0 Å². The van der Waals surface area contributed by atoms with Gasteiger partial charge in [-0.3, -0.25) is 14.5 Å². The molecule has 1 fully saturated rings. The van der Waals surface area contributed by atoms with E-state index in [4.69, 9.17) is 9.47 Å². The number of anilines is 1. The standard InChI is InChI=1S/C20H15N3O5S2/c1-10-21-22-20(30-10)23-16(14-3-2-8-29-14)15(18(25)19(23)26)17(24)11-4-5-12-13(9-11)28-7-6-27-12/h2-5,8-9,16,24H,6-7H2,1H3. The first kappa shape index (κ1) is 18.8. The lowest BCUT2D eigenvalue weighted by atomic mass is 9.99. The summed E-state index contributed by atoms with van der Waals surface area (Å²) in [6, 6.07) is 7.78. The number of Topliss-reactive ketones (excluding diaryl/α,β-unsaturated/α-hetero) is 1. The number of aryl methyl sites for hydroxylation is 1. The van der Waals surface area contributed by atoms with Gasteiger partial charge in [0.25, 0.3) is 5.78 Å². The summed E-state index contributed by atoms with van der Waals surface area (Å²) in [6.07, 6.45) is 0. The lowest BCUT2D eigenvalue weighted by molar-refractivity contribution is -0.132. The first-order valence-electron chi connectivity index (χ1n) is 9.09. The Balaban J connectivity index is 1.67. The van der Waals surface area contributed by atoms with Gasteiger partial charge >= 0.3 is 5.91 Å². The summed E-state index contributed by atoms with van der Waals surface area (Å²) in [7, 11) is 0. The first-order valence-corrected chi connectivity index (χ1v) is 10.8. The zero-order valence-electron chi connectivity index (χ0n) is 15.7. The quantitative estimate of drug-likeness (QED) is 0.378. The van der Waals surface area contributed by atoms with Crippen molar-refractivity contribution in [3.05, 3.63) is 56.7 Å². The Morgan fingerprint density at radius 3 is 2.67 bits per heavy atom. The van der Waals surface area contributed by atoms with Crippen molar-refractivity contribution in [2.24, 2.45) is 0 Å². The molecule has 1 atom stereocenters. The molecule has 3 aromatic rings. The van der Waals surface area contributed by atoms with E-state index in [0.717, 1.165) is 4.88 Å². The van der Waals surface area contributed by atoms with Gasteiger partial charge < -0.3 is 14.6 Å². The zero-order valence-corrected chi connectivity index (χ0v) is 17.3. The molecule has 4 heterocycles. The number of carbonyl (C=O) groups excluding carboxylic acids is 2. The monoisotopic (exact) mass is 441 g/mol. The van der Waals surface area contributed by atoms with Gasteiger partial charge in [0, 0.05) is 10.4 Å². The molecule has 2 aromatic heterocycles. The molecule has 2 aliphatic heterocycles. The molecule has 10 heteroatoms. The number of carbonyl (C=O) groups is 2. The van der Waals surface area contributed by atoms with Crippen molar-refractivity contribution >= 4 is 45.3 Å². The van der Waals surface area contributed by atoms with Crippen LogP contribution in [0.1, 0.15) is 21.5 Å². The summed E-state index contributed by atoms with van der Waals surface area (Å²) in [5.74, 6) is -0.742. The van der Waals surface area contributed by atoms with Crippen LogP contribution >= 0.6 is 22.7 Å². The van der Waals surface area contributed by atoms with E-state index in [-0.39, 0.29) is 11.3 Å². The number of hydrogen-bond donors (Lipinski definition) is 1. The lowest BCUT2D eigenvalue weighted by Crippen LogP contribution is -2.29. The number of aliphatic hydroxyl groups is 1. The van der Waals surface area contributed by atoms with Crippen LogP contribution in [0, 0.1) is 6.92 Å². The minimum Gasteiger partial charge on any atom is -0.507 e. The van der Waals surface area contributed by atoms with Crippen LogP contribution in [-0.2, 0) is 9.59 Å². The number of fused-ring (bicyclic) bond motifs is 1. The topological polar surface area (TPSA) is 102 Å². The van der Waals surface area contributed by atoms with Crippen molar-refractivity contribution in [2.45, 2.75) is 13.0 Å². The number of ketones is 1. The fraction of sp³-hybridized carbons (Fsp3) is 0.200. The number of benzene rings is 1. The van der Waals surface area contributed by atoms with Gasteiger partial charge in [0.2, 0.25) is 5.13 Å². The zero-order chi connectivity index (χ0) is 20.8. The molecular formula is C20H15N3O5S2. The van der Waals surface area contributed by atoms with Crippen LogP contribution in [0.5, 0.6) is 11.5 Å². The van der Waals surface area contributed by atoms with Crippen molar-refractivity contribution in [3.8, 4) is 11.5 Å². The molecule has 152 valence electrons. The summed E-state index contributed by atoms with van der Waals surface area (Å²) in [5, 5.41) is 22.0. The average Bonchev–Trinajstić information content (AvgIpc) is 3.48. The van der Waals surface area contributed by atoms with Crippen LogP contribution < -0.4 is 14.4 Å². The van der Waals surface area contributed by atoms with Crippen LogP contribution in [0.3, 0.4) is 0 Å². The summed E-state index contributed by atoms with van der Waals surface area (Å²) in [6.45, 7) is 2.61. The van der Waals surface area contributed by atoms with Gasteiger partial charge in [-0.25, -0.2) is 0 Å². The molecule has 0 saturated carbocycles. The van der Waals surface area contributed by atoms with Crippen LogP contribution in [-0.4, -0.2) is 40.2 Å². The summed E-state index contributed by atoms with van der Waals surface area (Å²) >= 11 is 2.60. The largest absolute Gasteiger partial charge is 0.507 e. The molecule has 1 unspecified atom stereocenters. The van der Waals surface area contributed by atoms with E-state index in [1.165, 1.54) is 27.6 Å². The Kier molecular flexibility index (Phi) is 4.52. The Labute approximate surface area is 179 Å². The summed E-state index contributed by atoms with van der Waals surface area (Å²) in [4.78, 5) is 28.0. The lowest BCUT2D eigenvalue weighted by Gasteiger charge is -2.21. The molecule has 30 heavy (non-hydrogen) atoms. The van der Waals surface area contributed by atoms with Gasteiger partial charge in [-0.1, -0.05) is 17.4 Å². The molecule has 1 amide bonds. The first-order chi connectivity index (χ1) is 14.5. The van der Waals surface area contributed by atoms with E-state index in [2.05, 4.69) is 10.2 Å². The van der Waals surface area contributed by atoms with Gasteiger partial charge in [0.15, 0.2) is 11.5 Å².